The lowest BCUT2D eigenvalue weighted by molar-refractivity contribution is 0.0696. The smallest absolute Gasteiger partial charge is 0.335 e. The summed E-state index contributed by atoms with van der Waals surface area (Å²) in [5.41, 5.74) is 0.992. The second-order valence-electron chi connectivity index (χ2n) is 4.83. The minimum atomic E-state index is -1.04. The molecule has 6 heteroatoms. The molecule has 2 aromatic carbocycles. The zero-order valence-electron chi connectivity index (χ0n) is 12.5. The lowest BCUT2D eigenvalue weighted by Gasteiger charge is -2.10. The highest BCUT2D eigenvalue weighted by atomic mass is 79.9. The van der Waals surface area contributed by atoms with Gasteiger partial charge in [-0.3, -0.25) is 4.79 Å². The average molecular weight is 378 g/mol. The second kappa shape index (κ2) is 7.78. The molecule has 0 unspecified atom stereocenters. The van der Waals surface area contributed by atoms with Crippen LogP contribution in [0.15, 0.2) is 46.9 Å². The molecule has 0 heterocycles. The van der Waals surface area contributed by atoms with Gasteiger partial charge in [-0.05, 0) is 58.7 Å². The van der Waals surface area contributed by atoms with E-state index >= 15 is 0 Å². The molecule has 0 aliphatic heterocycles. The fraction of sp³-hybridized carbons (Fsp3) is 0.176. The first kappa shape index (κ1) is 17.0. The van der Waals surface area contributed by atoms with Gasteiger partial charge in [-0.25, -0.2) is 4.79 Å². The Morgan fingerprint density at radius 1 is 1.17 bits per heavy atom. The summed E-state index contributed by atoms with van der Waals surface area (Å²) in [6.45, 7) is 2.62. The number of nitrogens with one attached hydrogen (secondary N) is 1. The number of ether oxygens (including phenoxy) is 1. The third-order valence-corrected chi connectivity index (χ3v) is 3.64. The Kier molecular flexibility index (Phi) is 5.76. The molecule has 2 aromatic rings. The lowest BCUT2D eigenvalue weighted by Crippen LogP contribution is -2.12. The summed E-state index contributed by atoms with van der Waals surface area (Å²) in [4.78, 5) is 23.2. The second-order valence-corrected chi connectivity index (χ2v) is 5.69. The molecule has 1 amide bonds. The maximum Gasteiger partial charge on any atom is 0.335 e. The fourth-order valence-corrected chi connectivity index (χ4v) is 2.40. The van der Waals surface area contributed by atoms with Gasteiger partial charge in [0.15, 0.2) is 0 Å². The maximum atomic E-state index is 12.3. The first-order valence-corrected chi connectivity index (χ1v) is 7.87. The minimum Gasteiger partial charge on any atom is -0.492 e. The summed E-state index contributed by atoms with van der Waals surface area (Å²) in [5, 5.41) is 11.6. The van der Waals surface area contributed by atoms with Crippen LogP contribution in [-0.2, 0) is 0 Å². The van der Waals surface area contributed by atoms with Crippen LogP contribution < -0.4 is 10.1 Å². The predicted octanol–water partition coefficient (Wildman–Crippen LogP) is 4.19. The first-order valence-electron chi connectivity index (χ1n) is 7.08. The number of amides is 1. The minimum absolute atomic E-state index is 0.118. The predicted molar refractivity (Wildman–Crippen MR) is 91.3 cm³/mol. The van der Waals surface area contributed by atoms with Crippen LogP contribution in [0.3, 0.4) is 0 Å². The van der Waals surface area contributed by atoms with Gasteiger partial charge in [-0.2, -0.15) is 0 Å². The van der Waals surface area contributed by atoms with Crippen molar-refractivity contribution in [3.8, 4) is 5.75 Å². The molecular weight excluding hydrogens is 362 g/mol. The van der Waals surface area contributed by atoms with Crippen LogP contribution in [-0.4, -0.2) is 23.6 Å². The van der Waals surface area contributed by atoms with Gasteiger partial charge in [0.2, 0.25) is 0 Å². The normalized spacial score (nSPS) is 10.2. The summed E-state index contributed by atoms with van der Waals surface area (Å²) in [7, 11) is 0. The molecule has 2 N–H and O–H groups in total. The van der Waals surface area contributed by atoms with Gasteiger partial charge < -0.3 is 15.2 Å². The molecule has 0 bridgehead atoms. The summed E-state index contributed by atoms with van der Waals surface area (Å²) in [6, 6.07) is 11.1. The monoisotopic (exact) mass is 377 g/mol. The SMILES string of the molecule is CCCOc1ccc(C(=O)Nc2cccc(C(=O)O)c2)cc1Br. The van der Waals surface area contributed by atoms with Crippen LogP contribution >= 0.6 is 15.9 Å². The van der Waals surface area contributed by atoms with Gasteiger partial charge in [0.1, 0.15) is 5.75 Å². The molecule has 23 heavy (non-hydrogen) atoms. The van der Waals surface area contributed by atoms with Crippen LogP contribution in [0.1, 0.15) is 34.1 Å². The molecule has 0 fully saturated rings. The number of hydrogen-bond donors (Lipinski definition) is 2. The number of carbonyl (C=O) groups excluding carboxylic acids is 1. The van der Waals surface area contributed by atoms with Crippen LogP contribution in [0.5, 0.6) is 5.75 Å². The van der Waals surface area contributed by atoms with E-state index in [1.807, 2.05) is 6.92 Å². The lowest BCUT2D eigenvalue weighted by atomic mass is 10.1. The topological polar surface area (TPSA) is 75.6 Å². The molecule has 0 atom stereocenters. The van der Waals surface area contributed by atoms with Crippen molar-refractivity contribution in [1.82, 2.24) is 0 Å². The molecule has 0 spiro atoms. The fourth-order valence-electron chi connectivity index (χ4n) is 1.90. The van der Waals surface area contributed by atoms with E-state index in [-0.39, 0.29) is 11.5 Å². The number of anilines is 1. The summed E-state index contributed by atoms with van der Waals surface area (Å²) >= 11 is 3.38. The van der Waals surface area contributed by atoms with Crippen LogP contribution in [0, 0.1) is 0 Å². The summed E-state index contributed by atoms with van der Waals surface area (Å²) in [5.74, 6) is -0.687. The van der Waals surface area contributed by atoms with E-state index in [4.69, 9.17) is 9.84 Å². The van der Waals surface area contributed by atoms with Gasteiger partial charge >= 0.3 is 5.97 Å². The third kappa shape index (κ3) is 4.56. The van der Waals surface area contributed by atoms with Gasteiger partial charge in [0.05, 0.1) is 16.6 Å². The maximum absolute atomic E-state index is 12.3. The highest BCUT2D eigenvalue weighted by Crippen LogP contribution is 2.26. The Morgan fingerprint density at radius 2 is 1.96 bits per heavy atom. The number of rotatable bonds is 6. The Balaban J connectivity index is 2.13. The van der Waals surface area contributed by atoms with Crippen LogP contribution in [0.4, 0.5) is 5.69 Å². The number of carbonyl (C=O) groups is 2. The Morgan fingerprint density at radius 3 is 2.61 bits per heavy atom. The van der Waals surface area contributed by atoms with E-state index in [9.17, 15) is 9.59 Å². The summed E-state index contributed by atoms with van der Waals surface area (Å²) < 4.78 is 6.23. The van der Waals surface area contributed by atoms with Gasteiger partial charge in [-0.1, -0.05) is 13.0 Å². The number of carboxylic acids is 1. The van der Waals surface area contributed by atoms with Crippen LogP contribution in [0.25, 0.3) is 0 Å². The van der Waals surface area contributed by atoms with E-state index in [1.54, 1.807) is 30.3 Å². The molecule has 0 aliphatic rings. The van der Waals surface area contributed by atoms with Crippen molar-refractivity contribution in [2.75, 3.05) is 11.9 Å². The molecule has 0 aromatic heterocycles. The number of halogens is 1. The van der Waals surface area contributed by atoms with Crippen molar-refractivity contribution in [2.45, 2.75) is 13.3 Å². The van der Waals surface area contributed by atoms with Gasteiger partial charge in [0.25, 0.3) is 5.91 Å². The number of benzene rings is 2. The Hall–Kier alpha value is -2.34. The summed E-state index contributed by atoms with van der Waals surface area (Å²) in [6.07, 6.45) is 0.897. The average Bonchev–Trinajstić information content (AvgIpc) is 2.53. The van der Waals surface area contributed by atoms with Crippen LogP contribution in [0.2, 0.25) is 0 Å². The third-order valence-electron chi connectivity index (χ3n) is 3.02. The zero-order chi connectivity index (χ0) is 16.8. The molecule has 2 rings (SSSR count). The van der Waals surface area contributed by atoms with E-state index in [1.165, 1.54) is 12.1 Å². The van der Waals surface area contributed by atoms with Gasteiger partial charge in [-0.15, -0.1) is 0 Å². The molecule has 0 saturated heterocycles. The van der Waals surface area contributed by atoms with E-state index in [0.717, 1.165) is 6.42 Å². The highest BCUT2D eigenvalue weighted by molar-refractivity contribution is 9.10. The number of aromatic carboxylic acids is 1. The molecule has 120 valence electrons. The quantitative estimate of drug-likeness (QED) is 0.791. The van der Waals surface area contributed by atoms with Crippen molar-refractivity contribution in [2.24, 2.45) is 0 Å². The highest BCUT2D eigenvalue weighted by Gasteiger charge is 2.11. The molecular formula is C17H16BrNO4. The molecule has 0 saturated carbocycles. The number of hydrogen-bond acceptors (Lipinski definition) is 3. The van der Waals surface area contributed by atoms with E-state index < -0.39 is 5.97 Å². The molecule has 5 nitrogen and oxygen atoms in total. The zero-order valence-corrected chi connectivity index (χ0v) is 14.1. The van der Waals surface area contributed by atoms with Crippen molar-refractivity contribution < 1.29 is 19.4 Å². The molecule has 0 radical (unpaired) electrons. The van der Waals surface area contributed by atoms with Crippen molar-refractivity contribution >= 4 is 33.5 Å². The first-order chi connectivity index (χ1) is 11.0. The standard InChI is InChI=1S/C17H16BrNO4/c1-2-8-23-15-7-6-11(10-14(15)18)16(20)19-13-5-3-4-12(9-13)17(21)22/h3-7,9-10H,2,8H2,1H3,(H,19,20)(H,21,22). The van der Waals surface area contributed by atoms with Crippen molar-refractivity contribution in [3.05, 3.63) is 58.1 Å². The van der Waals surface area contributed by atoms with Gasteiger partial charge in [0, 0.05) is 11.3 Å². The Labute approximate surface area is 142 Å². The van der Waals surface area contributed by atoms with Crippen molar-refractivity contribution in [1.29, 1.82) is 0 Å². The van der Waals surface area contributed by atoms with Crippen molar-refractivity contribution in [3.63, 3.8) is 0 Å². The van der Waals surface area contributed by atoms with E-state index in [0.29, 0.717) is 28.1 Å². The molecule has 0 aliphatic carbocycles. The largest absolute Gasteiger partial charge is 0.492 e. The Bertz CT molecular complexity index is 730. The van der Waals surface area contributed by atoms with E-state index in [2.05, 4.69) is 21.2 Å². The number of carboxylic acid groups (broad SMARTS) is 1.